The number of nitrogens with two attached hydrogens (primary N) is 1. The van der Waals surface area contributed by atoms with Gasteiger partial charge in [0.15, 0.2) is 0 Å². The summed E-state index contributed by atoms with van der Waals surface area (Å²) in [6, 6.07) is 7.94. The molecule has 1 aromatic carbocycles. The van der Waals surface area contributed by atoms with E-state index >= 15 is 0 Å². The van der Waals surface area contributed by atoms with Crippen molar-refractivity contribution >= 4 is 11.8 Å². The largest absolute Gasteiger partial charge is 0.491 e. The van der Waals surface area contributed by atoms with Gasteiger partial charge in [-0.1, -0.05) is 12.1 Å². The van der Waals surface area contributed by atoms with Crippen molar-refractivity contribution in [3.8, 4) is 5.75 Å². The number of hydrogen-bond donors (Lipinski definition) is 1. The van der Waals surface area contributed by atoms with Crippen molar-refractivity contribution in [3.05, 3.63) is 29.8 Å². The third kappa shape index (κ3) is 3.64. The van der Waals surface area contributed by atoms with Crippen LogP contribution in [0.15, 0.2) is 24.3 Å². The standard InChI is InChI=1S/C14H21NO2S/c1-10(2)17-12-5-3-4-11(8-12)14(15)13-9-18-7-6-16-13/h3-5,8,10,13-14H,6-7,9,15H2,1-2H3. The molecule has 1 heterocycles. The maximum atomic E-state index is 6.28. The summed E-state index contributed by atoms with van der Waals surface area (Å²) in [6.45, 7) is 4.84. The Bertz CT molecular complexity index is 378. The van der Waals surface area contributed by atoms with Gasteiger partial charge in [0.1, 0.15) is 5.75 Å². The molecule has 0 bridgehead atoms. The number of ether oxygens (including phenoxy) is 2. The van der Waals surface area contributed by atoms with E-state index < -0.39 is 0 Å². The van der Waals surface area contributed by atoms with E-state index in [4.69, 9.17) is 15.2 Å². The van der Waals surface area contributed by atoms with Crippen LogP contribution in [0.3, 0.4) is 0 Å². The Morgan fingerprint density at radius 3 is 2.94 bits per heavy atom. The fourth-order valence-corrected chi connectivity index (χ4v) is 2.91. The second-order valence-corrected chi connectivity index (χ2v) is 5.90. The average molecular weight is 267 g/mol. The Morgan fingerprint density at radius 2 is 2.28 bits per heavy atom. The molecule has 1 fully saturated rings. The van der Waals surface area contributed by atoms with E-state index in [2.05, 4.69) is 0 Å². The van der Waals surface area contributed by atoms with Crippen molar-refractivity contribution in [1.82, 2.24) is 0 Å². The highest BCUT2D eigenvalue weighted by Crippen LogP contribution is 2.26. The first kappa shape index (κ1) is 13.7. The number of thioether (sulfide) groups is 1. The highest BCUT2D eigenvalue weighted by atomic mass is 32.2. The van der Waals surface area contributed by atoms with Gasteiger partial charge in [-0.3, -0.25) is 0 Å². The summed E-state index contributed by atoms with van der Waals surface area (Å²) in [6.07, 6.45) is 0.288. The van der Waals surface area contributed by atoms with Crippen LogP contribution in [0, 0.1) is 0 Å². The predicted molar refractivity (Wildman–Crippen MR) is 76.2 cm³/mol. The van der Waals surface area contributed by atoms with Crippen molar-refractivity contribution in [2.45, 2.75) is 32.1 Å². The topological polar surface area (TPSA) is 44.5 Å². The van der Waals surface area contributed by atoms with Gasteiger partial charge in [0.25, 0.3) is 0 Å². The van der Waals surface area contributed by atoms with Gasteiger partial charge in [-0.2, -0.15) is 11.8 Å². The molecule has 3 nitrogen and oxygen atoms in total. The lowest BCUT2D eigenvalue weighted by Crippen LogP contribution is -2.34. The van der Waals surface area contributed by atoms with Gasteiger partial charge in [-0.25, -0.2) is 0 Å². The van der Waals surface area contributed by atoms with Gasteiger partial charge >= 0.3 is 0 Å². The zero-order valence-electron chi connectivity index (χ0n) is 11.0. The summed E-state index contributed by atoms with van der Waals surface area (Å²) < 4.78 is 11.4. The van der Waals surface area contributed by atoms with Gasteiger partial charge in [-0.15, -0.1) is 0 Å². The first-order chi connectivity index (χ1) is 8.66. The van der Waals surface area contributed by atoms with Crippen LogP contribution in [0.5, 0.6) is 5.75 Å². The molecule has 4 heteroatoms. The summed E-state index contributed by atoms with van der Waals surface area (Å²) >= 11 is 1.90. The third-order valence-corrected chi connectivity index (χ3v) is 3.88. The van der Waals surface area contributed by atoms with Crippen molar-refractivity contribution in [3.63, 3.8) is 0 Å². The van der Waals surface area contributed by atoms with Crippen molar-refractivity contribution < 1.29 is 9.47 Å². The second-order valence-electron chi connectivity index (χ2n) is 4.75. The molecule has 2 rings (SSSR count). The van der Waals surface area contributed by atoms with Crippen molar-refractivity contribution in [1.29, 1.82) is 0 Å². The van der Waals surface area contributed by atoms with E-state index in [1.807, 2.05) is 49.9 Å². The molecule has 0 aliphatic carbocycles. The molecule has 2 unspecified atom stereocenters. The zero-order valence-corrected chi connectivity index (χ0v) is 11.8. The highest BCUT2D eigenvalue weighted by molar-refractivity contribution is 7.99. The van der Waals surface area contributed by atoms with Crippen LogP contribution in [0.25, 0.3) is 0 Å². The summed E-state index contributed by atoms with van der Waals surface area (Å²) in [7, 11) is 0. The van der Waals surface area contributed by atoms with Gasteiger partial charge in [0.2, 0.25) is 0 Å². The molecule has 1 aliphatic heterocycles. The highest BCUT2D eigenvalue weighted by Gasteiger charge is 2.23. The third-order valence-electron chi connectivity index (χ3n) is 2.86. The molecule has 0 saturated carbocycles. The van der Waals surface area contributed by atoms with E-state index in [1.54, 1.807) is 0 Å². The molecule has 1 saturated heterocycles. The number of rotatable bonds is 4. The Balaban J connectivity index is 2.06. The lowest BCUT2D eigenvalue weighted by atomic mass is 10.0. The molecule has 1 aliphatic rings. The maximum Gasteiger partial charge on any atom is 0.120 e. The molecule has 0 spiro atoms. The lowest BCUT2D eigenvalue weighted by Gasteiger charge is -2.28. The second kappa shape index (κ2) is 6.45. The molecule has 0 radical (unpaired) electrons. The van der Waals surface area contributed by atoms with E-state index in [1.165, 1.54) is 0 Å². The molecule has 100 valence electrons. The Hall–Kier alpha value is -0.710. The fraction of sp³-hybridized carbons (Fsp3) is 0.571. The minimum Gasteiger partial charge on any atom is -0.491 e. The van der Waals surface area contributed by atoms with Crippen LogP contribution in [0.4, 0.5) is 0 Å². The van der Waals surface area contributed by atoms with E-state index in [0.29, 0.717) is 0 Å². The molecule has 0 aromatic heterocycles. The monoisotopic (exact) mass is 267 g/mol. The molecule has 2 N–H and O–H groups in total. The van der Waals surface area contributed by atoms with Crippen LogP contribution in [0.2, 0.25) is 0 Å². The minimum absolute atomic E-state index is 0.0755. The van der Waals surface area contributed by atoms with Crippen LogP contribution >= 0.6 is 11.8 Å². The average Bonchev–Trinajstić information content (AvgIpc) is 2.38. The number of benzene rings is 1. The van der Waals surface area contributed by atoms with E-state index in [0.717, 1.165) is 29.4 Å². The Morgan fingerprint density at radius 1 is 1.44 bits per heavy atom. The molecule has 0 amide bonds. The van der Waals surface area contributed by atoms with Gasteiger partial charge < -0.3 is 15.2 Å². The Kier molecular flexibility index (Phi) is 4.92. The summed E-state index contributed by atoms with van der Waals surface area (Å²) in [5.74, 6) is 2.91. The Labute approximate surface area is 113 Å². The molecule has 2 atom stereocenters. The first-order valence-corrected chi connectivity index (χ1v) is 7.54. The van der Waals surface area contributed by atoms with Gasteiger partial charge in [0.05, 0.1) is 24.9 Å². The zero-order chi connectivity index (χ0) is 13.0. The summed E-state index contributed by atoms with van der Waals surface area (Å²) in [4.78, 5) is 0. The fourth-order valence-electron chi connectivity index (χ4n) is 2.00. The summed E-state index contributed by atoms with van der Waals surface area (Å²) in [5, 5.41) is 0. The maximum absolute atomic E-state index is 6.28. The van der Waals surface area contributed by atoms with Gasteiger partial charge in [0, 0.05) is 11.5 Å². The number of hydrogen-bond acceptors (Lipinski definition) is 4. The smallest absolute Gasteiger partial charge is 0.120 e. The normalized spacial score (nSPS) is 21.9. The summed E-state index contributed by atoms with van der Waals surface area (Å²) in [5.41, 5.74) is 7.36. The first-order valence-electron chi connectivity index (χ1n) is 6.38. The van der Waals surface area contributed by atoms with Crippen LogP contribution in [0.1, 0.15) is 25.5 Å². The molecular weight excluding hydrogens is 246 g/mol. The van der Waals surface area contributed by atoms with Crippen LogP contribution in [-0.2, 0) is 4.74 Å². The van der Waals surface area contributed by atoms with Crippen LogP contribution < -0.4 is 10.5 Å². The minimum atomic E-state index is -0.0755. The molecule has 18 heavy (non-hydrogen) atoms. The van der Waals surface area contributed by atoms with Crippen molar-refractivity contribution in [2.75, 3.05) is 18.1 Å². The SMILES string of the molecule is CC(C)Oc1cccc(C(N)C2CSCCO2)c1. The van der Waals surface area contributed by atoms with E-state index in [9.17, 15) is 0 Å². The molecular formula is C14H21NO2S. The van der Waals surface area contributed by atoms with Crippen molar-refractivity contribution in [2.24, 2.45) is 5.73 Å². The van der Waals surface area contributed by atoms with Crippen LogP contribution in [-0.4, -0.2) is 30.3 Å². The predicted octanol–water partition coefficient (Wildman–Crippen LogP) is 2.61. The lowest BCUT2D eigenvalue weighted by molar-refractivity contribution is 0.0568. The quantitative estimate of drug-likeness (QED) is 0.910. The van der Waals surface area contributed by atoms with E-state index in [-0.39, 0.29) is 18.2 Å². The molecule has 1 aromatic rings. The van der Waals surface area contributed by atoms with Gasteiger partial charge in [-0.05, 0) is 31.5 Å².